The topological polar surface area (TPSA) is 15.3 Å². The van der Waals surface area contributed by atoms with Crippen LogP contribution in [0.2, 0.25) is 5.02 Å². The van der Waals surface area contributed by atoms with Crippen LogP contribution < -0.4 is 5.32 Å². The van der Waals surface area contributed by atoms with Gasteiger partial charge in [0.2, 0.25) is 0 Å². The third kappa shape index (κ3) is 5.80. The first kappa shape index (κ1) is 15.4. The van der Waals surface area contributed by atoms with Crippen LogP contribution in [0.3, 0.4) is 0 Å². The van der Waals surface area contributed by atoms with Gasteiger partial charge < -0.3 is 10.2 Å². The fraction of sp³-hybridized carbons (Fsp3) is 0.571. The van der Waals surface area contributed by atoms with Crippen LogP contribution in [0, 0.1) is 5.82 Å². The molecule has 0 saturated heterocycles. The Labute approximate surface area is 114 Å². The van der Waals surface area contributed by atoms with Crippen molar-refractivity contribution in [2.45, 2.75) is 26.8 Å². The zero-order valence-electron chi connectivity index (χ0n) is 11.2. The van der Waals surface area contributed by atoms with Crippen LogP contribution in [-0.4, -0.2) is 31.1 Å². The minimum Gasteiger partial charge on any atom is -0.313 e. The molecule has 0 radical (unpaired) electrons. The predicted molar refractivity (Wildman–Crippen MR) is 75.5 cm³/mol. The standard InChI is InChI=1S/C14H22ClFN2/c1-3-18(4-2)7-5-6-17-11-12-8-13(15)10-14(16)9-12/h8-10,17H,3-7,11H2,1-2H3. The number of hydrogen-bond acceptors (Lipinski definition) is 2. The Balaban J connectivity index is 2.21. The first-order chi connectivity index (χ1) is 8.65. The fourth-order valence-corrected chi connectivity index (χ4v) is 2.16. The molecule has 0 bridgehead atoms. The second kappa shape index (κ2) is 8.46. The Hall–Kier alpha value is -0.640. The Morgan fingerprint density at radius 3 is 2.56 bits per heavy atom. The molecular weight excluding hydrogens is 251 g/mol. The van der Waals surface area contributed by atoms with Crippen molar-refractivity contribution in [3.63, 3.8) is 0 Å². The van der Waals surface area contributed by atoms with Crippen molar-refractivity contribution in [2.24, 2.45) is 0 Å². The highest BCUT2D eigenvalue weighted by molar-refractivity contribution is 6.30. The Morgan fingerprint density at radius 1 is 1.22 bits per heavy atom. The molecule has 0 atom stereocenters. The van der Waals surface area contributed by atoms with Gasteiger partial charge in [0, 0.05) is 11.6 Å². The van der Waals surface area contributed by atoms with Gasteiger partial charge in [0.1, 0.15) is 5.82 Å². The van der Waals surface area contributed by atoms with E-state index in [1.807, 2.05) is 0 Å². The SMILES string of the molecule is CCN(CC)CCCNCc1cc(F)cc(Cl)c1. The highest BCUT2D eigenvalue weighted by atomic mass is 35.5. The molecule has 0 aliphatic carbocycles. The summed E-state index contributed by atoms with van der Waals surface area (Å²) >= 11 is 5.79. The molecule has 0 aliphatic heterocycles. The lowest BCUT2D eigenvalue weighted by Gasteiger charge is -2.17. The van der Waals surface area contributed by atoms with E-state index in [2.05, 4.69) is 24.1 Å². The second-order valence-corrected chi connectivity index (χ2v) is 4.77. The van der Waals surface area contributed by atoms with E-state index in [4.69, 9.17) is 11.6 Å². The molecule has 0 saturated carbocycles. The summed E-state index contributed by atoms with van der Waals surface area (Å²) in [6.45, 7) is 9.23. The lowest BCUT2D eigenvalue weighted by atomic mass is 10.2. The molecule has 2 nitrogen and oxygen atoms in total. The van der Waals surface area contributed by atoms with E-state index >= 15 is 0 Å². The maximum absolute atomic E-state index is 13.1. The molecule has 18 heavy (non-hydrogen) atoms. The summed E-state index contributed by atoms with van der Waals surface area (Å²) in [6.07, 6.45) is 1.10. The third-order valence-electron chi connectivity index (χ3n) is 2.97. The monoisotopic (exact) mass is 272 g/mol. The van der Waals surface area contributed by atoms with Gasteiger partial charge in [0.05, 0.1) is 0 Å². The summed E-state index contributed by atoms with van der Waals surface area (Å²) in [6, 6.07) is 4.64. The average molecular weight is 273 g/mol. The molecule has 1 N–H and O–H groups in total. The molecule has 4 heteroatoms. The maximum Gasteiger partial charge on any atom is 0.125 e. The summed E-state index contributed by atoms with van der Waals surface area (Å²) in [4.78, 5) is 2.39. The molecule has 1 rings (SSSR count). The van der Waals surface area contributed by atoms with Crippen molar-refractivity contribution < 1.29 is 4.39 Å². The lowest BCUT2D eigenvalue weighted by Crippen LogP contribution is -2.27. The van der Waals surface area contributed by atoms with Gasteiger partial charge in [-0.3, -0.25) is 0 Å². The van der Waals surface area contributed by atoms with Gasteiger partial charge in [-0.25, -0.2) is 4.39 Å². The summed E-state index contributed by atoms with van der Waals surface area (Å²) in [7, 11) is 0. The number of benzene rings is 1. The van der Waals surface area contributed by atoms with Gasteiger partial charge in [0.15, 0.2) is 0 Å². The first-order valence-electron chi connectivity index (χ1n) is 6.53. The molecular formula is C14H22ClFN2. The molecule has 0 spiro atoms. The minimum absolute atomic E-state index is 0.276. The second-order valence-electron chi connectivity index (χ2n) is 4.33. The minimum atomic E-state index is -0.276. The molecule has 0 aliphatic rings. The van der Waals surface area contributed by atoms with E-state index < -0.39 is 0 Å². The first-order valence-corrected chi connectivity index (χ1v) is 6.91. The summed E-state index contributed by atoms with van der Waals surface area (Å²) in [5.74, 6) is -0.276. The van der Waals surface area contributed by atoms with Crippen molar-refractivity contribution in [1.29, 1.82) is 0 Å². The van der Waals surface area contributed by atoms with Crippen LogP contribution in [0.5, 0.6) is 0 Å². The van der Waals surface area contributed by atoms with Crippen molar-refractivity contribution >= 4 is 11.6 Å². The van der Waals surface area contributed by atoms with Crippen LogP contribution in [0.15, 0.2) is 18.2 Å². The number of halogens is 2. The fourth-order valence-electron chi connectivity index (χ4n) is 1.91. The zero-order valence-corrected chi connectivity index (χ0v) is 11.9. The van der Waals surface area contributed by atoms with Crippen LogP contribution in [0.4, 0.5) is 4.39 Å². The molecule has 0 aromatic heterocycles. The van der Waals surface area contributed by atoms with Crippen LogP contribution in [-0.2, 0) is 6.54 Å². The van der Waals surface area contributed by atoms with Gasteiger partial charge in [-0.15, -0.1) is 0 Å². The van der Waals surface area contributed by atoms with Crippen molar-refractivity contribution in [2.75, 3.05) is 26.2 Å². The molecule has 0 unspecified atom stereocenters. The van der Waals surface area contributed by atoms with Gasteiger partial charge in [0.25, 0.3) is 0 Å². The van der Waals surface area contributed by atoms with Crippen LogP contribution >= 0.6 is 11.6 Å². The highest BCUT2D eigenvalue weighted by Gasteiger charge is 2.00. The maximum atomic E-state index is 13.1. The third-order valence-corrected chi connectivity index (χ3v) is 3.19. The van der Waals surface area contributed by atoms with Gasteiger partial charge in [-0.05, 0) is 56.4 Å². The van der Waals surface area contributed by atoms with Crippen LogP contribution in [0.25, 0.3) is 0 Å². The predicted octanol–water partition coefficient (Wildman–Crippen LogP) is 3.30. The molecule has 1 aromatic rings. The molecule has 0 amide bonds. The summed E-state index contributed by atoms with van der Waals surface area (Å²) < 4.78 is 13.1. The molecule has 0 heterocycles. The van der Waals surface area contributed by atoms with Gasteiger partial charge in [-0.1, -0.05) is 25.4 Å². The number of rotatable bonds is 8. The van der Waals surface area contributed by atoms with Gasteiger partial charge in [-0.2, -0.15) is 0 Å². The van der Waals surface area contributed by atoms with E-state index in [1.54, 1.807) is 6.07 Å². The van der Waals surface area contributed by atoms with E-state index in [0.717, 1.165) is 38.2 Å². The van der Waals surface area contributed by atoms with Gasteiger partial charge >= 0.3 is 0 Å². The van der Waals surface area contributed by atoms with E-state index in [9.17, 15) is 4.39 Å². The highest BCUT2D eigenvalue weighted by Crippen LogP contribution is 2.13. The summed E-state index contributed by atoms with van der Waals surface area (Å²) in [5, 5.41) is 3.76. The normalized spacial score (nSPS) is 11.2. The quantitative estimate of drug-likeness (QED) is 0.731. The van der Waals surface area contributed by atoms with Crippen LogP contribution in [0.1, 0.15) is 25.8 Å². The number of nitrogens with zero attached hydrogens (tertiary/aromatic N) is 1. The largest absolute Gasteiger partial charge is 0.313 e. The Bertz CT molecular complexity index is 333. The summed E-state index contributed by atoms with van der Waals surface area (Å²) in [5.41, 5.74) is 0.892. The zero-order chi connectivity index (χ0) is 13.4. The molecule has 0 fully saturated rings. The van der Waals surface area contributed by atoms with E-state index in [1.165, 1.54) is 12.1 Å². The number of nitrogens with one attached hydrogen (secondary N) is 1. The van der Waals surface area contributed by atoms with Crippen molar-refractivity contribution in [3.05, 3.63) is 34.6 Å². The molecule has 1 aromatic carbocycles. The average Bonchev–Trinajstić information content (AvgIpc) is 2.32. The smallest absolute Gasteiger partial charge is 0.125 e. The van der Waals surface area contributed by atoms with Crippen molar-refractivity contribution in [3.8, 4) is 0 Å². The van der Waals surface area contributed by atoms with E-state index in [0.29, 0.717) is 11.6 Å². The van der Waals surface area contributed by atoms with E-state index in [-0.39, 0.29) is 5.82 Å². The molecule has 102 valence electrons. The Kier molecular flexibility index (Phi) is 7.25. The Morgan fingerprint density at radius 2 is 1.94 bits per heavy atom. The lowest BCUT2D eigenvalue weighted by molar-refractivity contribution is 0.298. The van der Waals surface area contributed by atoms with Crippen molar-refractivity contribution in [1.82, 2.24) is 10.2 Å². The number of hydrogen-bond donors (Lipinski definition) is 1.